The number of aryl methyl sites for hydroxylation is 2. The van der Waals surface area contributed by atoms with Gasteiger partial charge < -0.3 is 5.11 Å². The molecule has 0 saturated carbocycles. The van der Waals surface area contributed by atoms with E-state index in [1.54, 1.807) is 13.0 Å². The molecule has 0 amide bonds. The zero-order valence-corrected chi connectivity index (χ0v) is 13.0. The number of hydrogen-bond acceptors (Lipinski definition) is 3. The first-order valence-electron chi connectivity index (χ1n) is 6.43. The lowest BCUT2D eigenvalue weighted by Crippen LogP contribution is -2.17. The second-order valence-corrected chi connectivity index (χ2v) is 6.70. The summed E-state index contributed by atoms with van der Waals surface area (Å²) >= 11 is 0. The molecule has 0 aliphatic heterocycles. The molecule has 0 spiro atoms. The van der Waals surface area contributed by atoms with Gasteiger partial charge in [0.05, 0.1) is 16.1 Å². The van der Waals surface area contributed by atoms with E-state index in [-0.39, 0.29) is 11.3 Å². The van der Waals surface area contributed by atoms with E-state index in [0.717, 1.165) is 0 Å². The number of carboxylic acid groups (broad SMARTS) is 1. The highest BCUT2D eigenvalue weighted by molar-refractivity contribution is 7.92. The third-order valence-electron chi connectivity index (χ3n) is 3.09. The Kier molecular flexibility index (Phi) is 4.37. The Labute approximate surface area is 131 Å². The van der Waals surface area contributed by atoms with Crippen LogP contribution >= 0.6 is 0 Å². The molecule has 8 heteroatoms. The van der Waals surface area contributed by atoms with Gasteiger partial charge in [0.2, 0.25) is 0 Å². The molecular formula is C15H13F2NO4S. The van der Waals surface area contributed by atoms with Crippen LogP contribution in [0.5, 0.6) is 0 Å². The lowest BCUT2D eigenvalue weighted by Gasteiger charge is -2.14. The van der Waals surface area contributed by atoms with Crippen LogP contribution in [0, 0.1) is 25.5 Å². The molecule has 0 radical (unpaired) electrons. The molecule has 0 aliphatic carbocycles. The van der Waals surface area contributed by atoms with Crippen LogP contribution in [0.15, 0.2) is 35.2 Å². The average molecular weight is 341 g/mol. The first-order valence-corrected chi connectivity index (χ1v) is 7.92. The molecular weight excluding hydrogens is 328 g/mol. The number of hydrogen-bond donors (Lipinski definition) is 2. The van der Waals surface area contributed by atoms with Gasteiger partial charge in [-0.3, -0.25) is 4.72 Å². The van der Waals surface area contributed by atoms with Gasteiger partial charge in [-0.25, -0.2) is 22.0 Å². The van der Waals surface area contributed by atoms with Crippen molar-refractivity contribution in [3.8, 4) is 0 Å². The topological polar surface area (TPSA) is 83.5 Å². The van der Waals surface area contributed by atoms with Crippen molar-refractivity contribution in [3.63, 3.8) is 0 Å². The summed E-state index contributed by atoms with van der Waals surface area (Å²) in [6.07, 6.45) is 0. The van der Waals surface area contributed by atoms with Crippen LogP contribution < -0.4 is 4.72 Å². The summed E-state index contributed by atoms with van der Waals surface area (Å²) in [5.41, 5.74) is 0.623. The Hall–Kier alpha value is -2.48. The standard InChI is InChI=1S/C15H13F2NO4S/c1-8-3-9(2)14(13(4-8)15(19)20)18-23(21,22)12-6-10(16)5-11(17)7-12/h3-7,18H,1-2H3,(H,19,20). The molecule has 122 valence electrons. The van der Waals surface area contributed by atoms with E-state index in [9.17, 15) is 27.1 Å². The van der Waals surface area contributed by atoms with Crippen LogP contribution in [-0.2, 0) is 10.0 Å². The predicted molar refractivity (Wildman–Crippen MR) is 80.0 cm³/mol. The number of halogens is 2. The van der Waals surface area contributed by atoms with E-state index in [4.69, 9.17) is 0 Å². The molecule has 2 aromatic rings. The quantitative estimate of drug-likeness (QED) is 0.895. The van der Waals surface area contributed by atoms with E-state index < -0.39 is 32.5 Å². The molecule has 0 atom stereocenters. The Morgan fingerprint density at radius 3 is 2.13 bits per heavy atom. The van der Waals surface area contributed by atoms with Crippen molar-refractivity contribution in [2.24, 2.45) is 0 Å². The van der Waals surface area contributed by atoms with Crippen LogP contribution in [0.3, 0.4) is 0 Å². The van der Waals surface area contributed by atoms with Crippen LogP contribution in [0.25, 0.3) is 0 Å². The fourth-order valence-electron chi connectivity index (χ4n) is 2.15. The summed E-state index contributed by atoms with van der Waals surface area (Å²) in [6.45, 7) is 3.20. The van der Waals surface area contributed by atoms with Crippen LogP contribution in [0.4, 0.5) is 14.5 Å². The highest BCUT2D eigenvalue weighted by Crippen LogP contribution is 2.26. The molecule has 2 rings (SSSR count). The number of carbonyl (C=O) groups is 1. The van der Waals surface area contributed by atoms with Crippen molar-refractivity contribution in [3.05, 3.63) is 58.7 Å². The number of anilines is 1. The van der Waals surface area contributed by atoms with E-state index in [2.05, 4.69) is 4.72 Å². The van der Waals surface area contributed by atoms with E-state index in [0.29, 0.717) is 29.3 Å². The average Bonchev–Trinajstić information content (AvgIpc) is 2.40. The summed E-state index contributed by atoms with van der Waals surface area (Å²) in [4.78, 5) is 10.7. The van der Waals surface area contributed by atoms with Crippen molar-refractivity contribution < 1.29 is 27.1 Å². The predicted octanol–water partition coefficient (Wildman–Crippen LogP) is 3.08. The zero-order valence-electron chi connectivity index (χ0n) is 12.2. The lowest BCUT2D eigenvalue weighted by molar-refractivity contribution is 0.0698. The maximum Gasteiger partial charge on any atom is 0.337 e. The number of nitrogens with one attached hydrogen (secondary N) is 1. The Balaban J connectivity index is 2.55. The van der Waals surface area contributed by atoms with Crippen molar-refractivity contribution in [1.29, 1.82) is 0 Å². The first kappa shape index (κ1) is 16.9. The molecule has 2 N–H and O–H groups in total. The number of carboxylic acids is 1. The molecule has 0 fully saturated rings. The maximum absolute atomic E-state index is 13.2. The van der Waals surface area contributed by atoms with Gasteiger partial charge in [-0.05, 0) is 43.2 Å². The fraction of sp³-hybridized carbons (Fsp3) is 0.133. The molecule has 5 nitrogen and oxygen atoms in total. The van der Waals surface area contributed by atoms with Gasteiger partial charge in [0.25, 0.3) is 10.0 Å². The van der Waals surface area contributed by atoms with E-state index in [1.807, 2.05) is 0 Å². The molecule has 0 bridgehead atoms. The van der Waals surface area contributed by atoms with Crippen LogP contribution in [0.2, 0.25) is 0 Å². The van der Waals surface area contributed by atoms with Crippen molar-refractivity contribution in [2.45, 2.75) is 18.7 Å². The monoisotopic (exact) mass is 341 g/mol. The molecule has 0 aromatic heterocycles. The second kappa shape index (κ2) is 5.96. The van der Waals surface area contributed by atoms with E-state index in [1.165, 1.54) is 13.0 Å². The maximum atomic E-state index is 13.2. The minimum Gasteiger partial charge on any atom is -0.478 e. The molecule has 0 saturated heterocycles. The third-order valence-corrected chi connectivity index (χ3v) is 4.42. The number of benzene rings is 2. The first-order chi connectivity index (χ1) is 10.6. The van der Waals surface area contributed by atoms with Gasteiger partial charge in [0.15, 0.2) is 0 Å². The van der Waals surface area contributed by atoms with Gasteiger partial charge >= 0.3 is 5.97 Å². The van der Waals surface area contributed by atoms with Gasteiger partial charge in [0, 0.05) is 6.07 Å². The normalized spacial score (nSPS) is 11.3. The minimum absolute atomic E-state index is 0.146. The smallest absolute Gasteiger partial charge is 0.337 e. The summed E-state index contributed by atoms with van der Waals surface area (Å²) in [5, 5.41) is 9.22. The van der Waals surface area contributed by atoms with Gasteiger partial charge in [-0.2, -0.15) is 0 Å². The second-order valence-electron chi connectivity index (χ2n) is 5.02. The minimum atomic E-state index is -4.34. The van der Waals surface area contributed by atoms with Crippen molar-refractivity contribution >= 4 is 21.7 Å². The SMILES string of the molecule is Cc1cc(C)c(NS(=O)(=O)c2cc(F)cc(F)c2)c(C(=O)O)c1. The third kappa shape index (κ3) is 3.65. The Morgan fingerprint density at radius 1 is 1.04 bits per heavy atom. The summed E-state index contributed by atoms with van der Waals surface area (Å²) in [6, 6.07) is 4.74. The summed E-state index contributed by atoms with van der Waals surface area (Å²) in [7, 11) is -4.34. The highest BCUT2D eigenvalue weighted by atomic mass is 32.2. The Bertz CT molecular complexity index is 874. The van der Waals surface area contributed by atoms with Crippen LogP contribution in [-0.4, -0.2) is 19.5 Å². The number of rotatable bonds is 4. The van der Waals surface area contributed by atoms with Gasteiger partial charge in [-0.15, -0.1) is 0 Å². The van der Waals surface area contributed by atoms with Gasteiger partial charge in [-0.1, -0.05) is 6.07 Å². The molecule has 0 heterocycles. The lowest BCUT2D eigenvalue weighted by atomic mass is 10.0. The molecule has 23 heavy (non-hydrogen) atoms. The number of aromatic carboxylic acids is 1. The molecule has 0 aliphatic rings. The van der Waals surface area contributed by atoms with Crippen LogP contribution in [0.1, 0.15) is 21.5 Å². The molecule has 2 aromatic carbocycles. The molecule has 0 unspecified atom stereocenters. The largest absolute Gasteiger partial charge is 0.478 e. The van der Waals surface area contributed by atoms with Crippen molar-refractivity contribution in [1.82, 2.24) is 0 Å². The Morgan fingerprint density at radius 2 is 1.61 bits per heavy atom. The number of sulfonamides is 1. The fourth-order valence-corrected chi connectivity index (χ4v) is 3.34. The highest BCUT2D eigenvalue weighted by Gasteiger charge is 2.22. The van der Waals surface area contributed by atoms with Crippen molar-refractivity contribution in [2.75, 3.05) is 4.72 Å². The van der Waals surface area contributed by atoms with Gasteiger partial charge in [0.1, 0.15) is 11.6 Å². The zero-order chi connectivity index (χ0) is 17.4. The summed E-state index contributed by atoms with van der Waals surface area (Å²) in [5.74, 6) is -3.42. The van der Waals surface area contributed by atoms with E-state index >= 15 is 0 Å². The summed E-state index contributed by atoms with van der Waals surface area (Å²) < 4.78 is 53.1.